The van der Waals surface area contributed by atoms with Gasteiger partial charge in [-0.25, -0.2) is 0 Å². The maximum Gasteiger partial charge on any atom is 0.223 e. The summed E-state index contributed by atoms with van der Waals surface area (Å²) in [7, 11) is 4.76. The van der Waals surface area contributed by atoms with Crippen LogP contribution in [0.25, 0.3) is 0 Å². The first-order chi connectivity index (χ1) is 12.0. The molecule has 25 heavy (non-hydrogen) atoms. The molecule has 2 unspecified atom stereocenters. The van der Waals surface area contributed by atoms with E-state index in [4.69, 9.17) is 19.9 Å². The first kappa shape index (κ1) is 19.4. The maximum atomic E-state index is 12.7. The average molecular weight is 350 g/mol. The van der Waals surface area contributed by atoms with E-state index >= 15 is 0 Å². The van der Waals surface area contributed by atoms with Crippen LogP contribution in [0.4, 0.5) is 0 Å². The zero-order chi connectivity index (χ0) is 18.4. The molecule has 0 aliphatic carbocycles. The fraction of sp³-hybridized carbons (Fsp3) is 0.632. The van der Waals surface area contributed by atoms with Crippen molar-refractivity contribution in [3.8, 4) is 17.2 Å². The van der Waals surface area contributed by atoms with E-state index in [2.05, 4.69) is 0 Å². The van der Waals surface area contributed by atoms with Gasteiger partial charge >= 0.3 is 0 Å². The summed E-state index contributed by atoms with van der Waals surface area (Å²) in [4.78, 5) is 14.7. The van der Waals surface area contributed by atoms with Crippen molar-refractivity contribution in [2.45, 2.75) is 51.1 Å². The number of nitrogens with zero attached hydrogens (tertiary/aromatic N) is 1. The second kappa shape index (κ2) is 8.94. The van der Waals surface area contributed by atoms with Gasteiger partial charge in [0.15, 0.2) is 11.5 Å². The predicted molar refractivity (Wildman–Crippen MR) is 97.4 cm³/mol. The molecule has 1 heterocycles. The third kappa shape index (κ3) is 4.37. The summed E-state index contributed by atoms with van der Waals surface area (Å²) in [6.45, 7) is 2.78. The van der Waals surface area contributed by atoms with Crippen molar-refractivity contribution in [3.63, 3.8) is 0 Å². The number of piperidine rings is 1. The van der Waals surface area contributed by atoms with Crippen LogP contribution in [-0.4, -0.2) is 50.8 Å². The number of nitrogens with two attached hydrogens (primary N) is 1. The SMILES string of the molecule is COc1ccc(CCC(=O)N2CCCCC2C(C)N)c(OC)c1OC. The van der Waals surface area contributed by atoms with E-state index < -0.39 is 0 Å². The highest BCUT2D eigenvalue weighted by atomic mass is 16.5. The summed E-state index contributed by atoms with van der Waals surface area (Å²) in [6.07, 6.45) is 4.19. The largest absolute Gasteiger partial charge is 0.493 e. The van der Waals surface area contributed by atoms with Gasteiger partial charge in [-0.15, -0.1) is 0 Å². The number of hydrogen-bond donors (Lipinski definition) is 1. The molecule has 6 nitrogen and oxygen atoms in total. The minimum absolute atomic E-state index is 0.000124. The Hall–Kier alpha value is -1.95. The van der Waals surface area contributed by atoms with E-state index in [1.54, 1.807) is 21.3 Å². The minimum Gasteiger partial charge on any atom is -0.493 e. The number of hydrogen-bond acceptors (Lipinski definition) is 5. The highest BCUT2D eigenvalue weighted by Gasteiger charge is 2.29. The lowest BCUT2D eigenvalue weighted by molar-refractivity contribution is -0.135. The van der Waals surface area contributed by atoms with E-state index in [1.807, 2.05) is 24.0 Å². The Bertz CT molecular complexity index is 589. The molecular formula is C19H30N2O4. The van der Waals surface area contributed by atoms with Crippen molar-refractivity contribution in [2.24, 2.45) is 5.73 Å². The molecule has 1 saturated heterocycles. The normalized spacial score (nSPS) is 18.6. The van der Waals surface area contributed by atoms with E-state index in [1.165, 1.54) is 0 Å². The number of carbonyl (C=O) groups excluding carboxylic acids is 1. The topological polar surface area (TPSA) is 74.0 Å². The Morgan fingerprint density at radius 1 is 1.20 bits per heavy atom. The van der Waals surface area contributed by atoms with Gasteiger partial charge in [0.05, 0.1) is 21.3 Å². The van der Waals surface area contributed by atoms with Crippen LogP contribution in [0.5, 0.6) is 17.2 Å². The number of aryl methyl sites for hydroxylation is 1. The Morgan fingerprint density at radius 2 is 1.92 bits per heavy atom. The minimum atomic E-state index is -0.000124. The third-order valence-corrected chi connectivity index (χ3v) is 4.87. The standard InChI is InChI=1S/C19H30N2O4/c1-13(20)15-7-5-6-12-21(15)17(22)11-9-14-8-10-16(23-2)19(25-4)18(14)24-3/h8,10,13,15H,5-7,9,11-12,20H2,1-4H3. The number of likely N-dealkylation sites (tertiary alicyclic amines) is 1. The molecule has 0 saturated carbocycles. The molecule has 2 N–H and O–H groups in total. The van der Waals surface area contributed by atoms with Crippen LogP contribution in [0.15, 0.2) is 12.1 Å². The Morgan fingerprint density at radius 3 is 2.52 bits per heavy atom. The Kier molecular flexibility index (Phi) is 6.93. The summed E-state index contributed by atoms with van der Waals surface area (Å²) in [5.41, 5.74) is 7.01. The van der Waals surface area contributed by atoms with Crippen LogP contribution in [0.3, 0.4) is 0 Å². The van der Waals surface area contributed by atoms with Gasteiger partial charge < -0.3 is 24.8 Å². The smallest absolute Gasteiger partial charge is 0.223 e. The quantitative estimate of drug-likeness (QED) is 0.817. The lowest BCUT2D eigenvalue weighted by Gasteiger charge is -2.38. The molecule has 0 bridgehead atoms. The van der Waals surface area contributed by atoms with Crippen LogP contribution in [0, 0.1) is 0 Å². The summed E-state index contributed by atoms with van der Waals surface area (Å²) in [5.74, 6) is 1.94. The third-order valence-electron chi connectivity index (χ3n) is 4.87. The second-order valence-electron chi connectivity index (χ2n) is 6.50. The van der Waals surface area contributed by atoms with Crippen LogP contribution >= 0.6 is 0 Å². The molecule has 6 heteroatoms. The van der Waals surface area contributed by atoms with E-state index in [0.717, 1.165) is 31.4 Å². The number of amides is 1. The van der Waals surface area contributed by atoms with Crippen molar-refractivity contribution in [3.05, 3.63) is 17.7 Å². The molecule has 1 aliphatic heterocycles. The highest BCUT2D eigenvalue weighted by molar-refractivity contribution is 5.77. The first-order valence-electron chi connectivity index (χ1n) is 8.86. The van der Waals surface area contributed by atoms with E-state index in [0.29, 0.717) is 30.1 Å². The van der Waals surface area contributed by atoms with Gasteiger partial charge in [-0.1, -0.05) is 6.07 Å². The highest BCUT2D eigenvalue weighted by Crippen LogP contribution is 2.40. The zero-order valence-corrected chi connectivity index (χ0v) is 15.7. The molecule has 2 rings (SSSR count). The monoisotopic (exact) mass is 350 g/mol. The first-order valence-corrected chi connectivity index (χ1v) is 8.86. The molecule has 1 aromatic carbocycles. The molecule has 2 atom stereocenters. The van der Waals surface area contributed by atoms with Crippen molar-refractivity contribution < 1.29 is 19.0 Å². The fourth-order valence-corrected chi connectivity index (χ4v) is 3.56. The van der Waals surface area contributed by atoms with Gasteiger partial charge in [0.25, 0.3) is 0 Å². The lowest BCUT2D eigenvalue weighted by Crippen LogP contribution is -2.51. The average Bonchev–Trinajstić information content (AvgIpc) is 2.64. The number of carbonyl (C=O) groups is 1. The van der Waals surface area contributed by atoms with Gasteiger partial charge in [-0.2, -0.15) is 0 Å². The summed E-state index contributed by atoms with van der Waals surface area (Å²) >= 11 is 0. The summed E-state index contributed by atoms with van der Waals surface area (Å²) in [6, 6.07) is 3.91. The predicted octanol–water partition coefficient (Wildman–Crippen LogP) is 2.37. The molecule has 140 valence electrons. The van der Waals surface area contributed by atoms with Gasteiger partial charge in [-0.3, -0.25) is 4.79 Å². The molecule has 1 fully saturated rings. The second-order valence-corrected chi connectivity index (χ2v) is 6.50. The molecule has 0 radical (unpaired) electrons. The van der Waals surface area contributed by atoms with E-state index in [9.17, 15) is 4.79 Å². The van der Waals surface area contributed by atoms with Crippen molar-refractivity contribution in [1.82, 2.24) is 4.90 Å². The molecule has 1 amide bonds. The number of methoxy groups -OCH3 is 3. The maximum absolute atomic E-state index is 12.7. The van der Waals surface area contributed by atoms with Gasteiger partial charge in [0.1, 0.15) is 0 Å². The number of ether oxygens (including phenoxy) is 3. The number of rotatable bonds is 7. The van der Waals surface area contributed by atoms with E-state index in [-0.39, 0.29) is 18.0 Å². The van der Waals surface area contributed by atoms with Gasteiger partial charge in [-0.05, 0) is 44.2 Å². The summed E-state index contributed by atoms with van der Waals surface area (Å²) < 4.78 is 16.2. The van der Waals surface area contributed by atoms with Crippen molar-refractivity contribution >= 4 is 5.91 Å². The van der Waals surface area contributed by atoms with Crippen LogP contribution in [0.1, 0.15) is 38.2 Å². The molecule has 1 aliphatic rings. The van der Waals surface area contributed by atoms with Gasteiger partial charge in [0, 0.05) is 25.0 Å². The van der Waals surface area contributed by atoms with Gasteiger partial charge in [0.2, 0.25) is 11.7 Å². The van der Waals surface area contributed by atoms with Crippen LogP contribution in [-0.2, 0) is 11.2 Å². The van der Waals surface area contributed by atoms with Crippen molar-refractivity contribution in [1.29, 1.82) is 0 Å². The molecule has 1 aromatic rings. The number of benzene rings is 1. The Labute approximate surface area is 150 Å². The van der Waals surface area contributed by atoms with Crippen molar-refractivity contribution in [2.75, 3.05) is 27.9 Å². The fourth-order valence-electron chi connectivity index (χ4n) is 3.56. The van der Waals surface area contributed by atoms with Crippen LogP contribution in [0.2, 0.25) is 0 Å². The zero-order valence-electron chi connectivity index (χ0n) is 15.7. The summed E-state index contributed by atoms with van der Waals surface area (Å²) in [5, 5.41) is 0. The van der Waals surface area contributed by atoms with Crippen LogP contribution < -0.4 is 19.9 Å². The Balaban J connectivity index is 2.11. The molecular weight excluding hydrogens is 320 g/mol. The lowest BCUT2D eigenvalue weighted by atomic mass is 9.96. The molecule has 0 spiro atoms. The molecule has 0 aromatic heterocycles.